The first-order valence-electron chi connectivity index (χ1n) is 9.24. The summed E-state index contributed by atoms with van der Waals surface area (Å²) in [5.74, 6) is 2.18. The number of hydrogen-bond donors (Lipinski definition) is 2. The highest BCUT2D eigenvalue weighted by atomic mass is 32.2. The molecule has 0 amide bonds. The molecule has 9 nitrogen and oxygen atoms in total. The molecule has 1 saturated heterocycles. The quantitative estimate of drug-likeness (QED) is 0.764. The van der Waals surface area contributed by atoms with E-state index in [0.717, 1.165) is 55.5 Å². The van der Waals surface area contributed by atoms with Crippen molar-refractivity contribution in [2.75, 3.05) is 32.2 Å². The molecule has 0 unspecified atom stereocenters. The lowest BCUT2D eigenvalue weighted by Gasteiger charge is -2.54. The zero-order valence-corrected chi connectivity index (χ0v) is 16.8. The van der Waals surface area contributed by atoms with Gasteiger partial charge in [0.15, 0.2) is 11.5 Å². The molecule has 2 fully saturated rings. The maximum Gasteiger partial charge on any atom is 0.274 e. The Hall–Kier alpha value is -2.17. The van der Waals surface area contributed by atoms with E-state index in [2.05, 4.69) is 19.6 Å². The topological polar surface area (TPSA) is 120 Å². The average Bonchev–Trinajstić information content (AvgIpc) is 2.64. The molecule has 4 rings (SSSR count). The third-order valence-electron chi connectivity index (χ3n) is 5.85. The monoisotopic (exact) mass is 407 g/mol. The van der Waals surface area contributed by atoms with Gasteiger partial charge < -0.3 is 14.4 Å². The van der Waals surface area contributed by atoms with Gasteiger partial charge in [-0.3, -0.25) is 0 Å². The normalized spacial score (nSPS) is 19.6. The number of fused-ring (bicyclic) bond motifs is 1. The van der Waals surface area contributed by atoms with E-state index in [0.29, 0.717) is 11.5 Å². The van der Waals surface area contributed by atoms with Crippen molar-refractivity contribution in [2.24, 2.45) is 10.6 Å². The van der Waals surface area contributed by atoms with E-state index in [1.807, 2.05) is 12.1 Å². The second-order valence-electron chi connectivity index (χ2n) is 7.71. The molecular formula is C18H25N5O4S. The van der Waals surface area contributed by atoms with Crippen LogP contribution < -0.4 is 24.2 Å². The molecule has 10 heteroatoms. The molecule has 0 radical (unpaired) electrons. The lowest BCUT2D eigenvalue weighted by molar-refractivity contribution is 0.125. The van der Waals surface area contributed by atoms with Crippen LogP contribution in [-0.2, 0) is 10.2 Å². The van der Waals surface area contributed by atoms with Crippen molar-refractivity contribution in [1.29, 1.82) is 0 Å². The average molecular weight is 407 g/mol. The van der Waals surface area contributed by atoms with Gasteiger partial charge in [-0.2, -0.15) is 13.1 Å². The summed E-state index contributed by atoms with van der Waals surface area (Å²) in [7, 11) is -0.426. The summed E-state index contributed by atoms with van der Waals surface area (Å²) >= 11 is 0. The van der Waals surface area contributed by atoms with E-state index < -0.39 is 10.2 Å². The lowest BCUT2D eigenvalue weighted by atomic mass is 9.67. The van der Waals surface area contributed by atoms with Gasteiger partial charge in [-0.25, -0.2) is 15.1 Å². The highest BCUT2D eigenvalue weighted by Crippen LogP contribution is 2.46. The van der Waals surface area contributed by atoms with E-state index in [9.17, 15) is 8.42 Å². The van der Waals surface area contributed by atoms with Crippen LogP contribution in [0.2, 0.25) is 0 Å². The highest BCUT2D eigenvalue weighted by molar-refractivity contribution is 7.87. The zero-order valence-electron chi connectivity index (χ0n) is 16.0. The van der Waals surface area contributed by atoms with Crippen LogP contribution in [0.15, 0.2) is 18.5 Å². The molecule has 1 aliphatic heterocycles. The predicted octanol–water partition coefficient (Wildman–Crippen LogP) is 1.19. The minimum absolute atomic E-state index is 0.0636. The number of rotatable bonds is 5. The second kappa shape index (κ2) is 7.02. The third-order valence-corrected chi connectivity index (χ3v) is 6.51. The Balaban J connectivity index is 1.50. The van der Waals surface area contributed by atoms with Crippen molar-refractivity contribution < 1.29 is 17.9 Å². The number of anilines is 1. The molecule has 0 atom stereocenters. The molecule has 1 aliphatic carbocycles. The smallest absolute Gasteiger partial charge is 0.274 e. The van der Waals surface area contributed by atoms with Gasteiger partial charge in [-0.05, 0) is 31.7 Å². The predicted molar refractivity (Wildman–Crippen MR) is 106 cm³/mol. The van der Waals surface area contributed by atoms with Crippen molar-refractivity contribution in [2.45, 2.75) is 31.7 Å². The summed E-state index contributed by atoms with van der Waals surface area (Å²) < 4.78 is 35.8. The Morgan fingerprint density at radius 2 is 1.79 bits per heavy atom. The van der Waals surface area contributed by atoms with Crippen LogP contribution in [0.1, 0.15) is 25.7 Å². The fraction of sp³-hybridized carbons (Fsp3) is 0.556. The Labute approximate surface area is 164 Å². The summed E-state index contributed by atoms with van der Waals surface area (Å²) in [5, 5.41) is 6.03. The van der Waals surface area contributed by atoms with E-state index in [4.69, 9.17) is 14.6 Å². The lowest BCUT2D eigenvalue weighted by Crippen LogP contribution is -2.59. The molecule has 1 aromatic carbocycles. The number of methoxy groups -OCH3 is 2. The van der Waals surface area contributed by atoms with E-state index in [1.54, 1.807) is 20.5 Å². The van der Waals surface area contributed by atoms with Crippen LogP contribution in [-0.4, -0.2) is 51.7 Å². The van der Waals surface area contributed by atoms with Crippen LogP contribution in [0.3, 0.4) is 0 Å². The third kappa shape index (κ3) is 3.59. The molecule has 2 heterocycles. The summed E-state index contributed by atoms with van der Waals surface area (Å²) in [6, 6.07) is 3.71. The second-order valence-corrected chi connectivity index (χ2v) is 9.04. The standard InChI is InChI=1S/C18H25N5O4S/c1-26-15-7-13-14(8-16(15)27-2)20-11-21-17(13)23-9-18(10-23)5-3-12(4-6-18)22-28(19,24)25/h7-8,11-12,22H,3-6,9-10H2,1-2H3,(H2,19,24,25). The molecule has 0 bridgehead atoms. The SMILES string of the molecule is COc1cc2ncnc(N3CC4(CCC(NS(N)(=O)=O)CC4)C3)c2cc1OC. The van der Waals surface area contributed by atoms with Gasteiger partial charge in [0, 0.05) is 36.0 Å². The number of nitrogens with zero attached hydrogens (tertiary/aromatic N) is 3. The van der Waals surface area contributed by atoms with E-state index >= 15 is 0 Å². The number of benzene rings is 1. The summed E-state index contributed by atoms with van der Waals surface area (Å²) in [6.45, 7) is 1.80. The molecule has 152 valence electrons. The summed E-state index contributed by atoms with van der Waals surface area (Å²) in [5.41, 5.74) is 1.02. The van der Waals surface area contributed by atoms with Gasteiger partial charge in [-0.15, -0.1) is 0 Å². The van der Waals surface area contributed by atoms with E-state index in [1.165, 1.54) is 0 Å². The minimum Gasteiger partial charge on any atom is -0.493 e. The van der Waals surface area contributed by atoms with Crippen molar-refractivity contribution in [3.63, 3.8) is 0 Å². The fourth-order valence-electron chi connectivity index (χ4n) is 4.43. The largest absolute Gasteiger partial charge is 0.493 e. The van der Waals surface area contributed by atoms with E-state index in [-0.39, 0.29) is 11.5 Å². The Morgan fingerprint density at radius 1 is 1.14 bits per heavy atom. The Morgan fingerprint density at radius 3 is 2.39 bits per heavy atom. The van der Waals surface area contributed by atoms with Crippen LogP contribution in [0.25, 0.3) is 10.9 Å². The van der Waals surface area contributed by atoms with Gasteiger partial charge in [-0.1, -0.05) is 0 Å². The van der Waals surface area contributed by atoms with Crippen molar-refractivity contribution in [1.82, 2.24) is 14.7 Å². The molecule has 2 aliphatic rings. The Bertz CT molecular complexity index is 981. The molecule has 28 heavy (non-hydrogen) atoms. The van der Waals surface area contributed by atoms with Crippen LogP contribution >= 0.6 is 0 Å². The first-order chi connectivity index (χ1) is 13.3. The molecule has 1 saturated carbocycles. The minimum atomic E-state index is -3.64. The fourth-order valence-corrected chi connectivity index (χ4v) is 5.13. The maximum absolute atomic E-state index is 11.2. The van der Waals surface area contributed by atoms with Crippen molar-refractivity contribution >= 4 is 26.9 Å². The summed E-state index contributed by atoms with van der Waals surface area (Å²) in [4.78, 5) is 11.1. The van der Waals surface area contributed by atoms with Gasteiger partial charge in [0.1, 0.15) is 12.1 Å². The van der Waals surface area contributed by atoms with Crippen LogP contribution in [0.4, 0.5) is 5.82 Å². The molecule has 1 aromatic heterocycles. The van der Waals surface area contributed by atoms with Gasteiger partial charge in [0.05, 0.1) is 19.7 Å². The highest BCUT2D eigenvalue weighted by Gasteiger charge is 2.46. The number of ether oxygens (including phenoxy) is 2. The molecule has 3 N–H and O–H groups in total. The number of hydrogen-bond acceptors (Lipinski definition) is 7. The molecule has 1 spiro atoms. The first-order valence-corrected chi connectivity index (χ1v) is 10.8. The first kappa shape index (κ1) is 19.2. The van der Waals surface area contributed by atoms with Gasteiger partial charge in [0.25, 0.3) is 10.2 Å². The van der Waals surface area contributed by atoms with Crippen molar-refractivity contribution in [3.8, 4) is 11.5 Å². The van der Waals surface area contributed by atoms with Gasteiger partial charge >= 0.3 is 0 Å². The maximum atomic E-state index is 11.2. The summed E-state index contributed by atoms with van der Waals surface area (Å²) in [6.07, 6.45) is 5.12. The van der Waals surface area contributed by atoms with Gasteiger partial charge in [0.2, 0.25) is 0 Å². The number of nitrogens with one attached hydrogen (secondary N) is 1. The molecular weight excluding hydrogens is 382 g/mol. The zero-order chi connectivity index (χ0) is 19.9. The van der Waals surface area contributed by atoms with Crippen LogP contribution in [0, 0.1) is 5.41 Å². The Kier molecular flexibility index (Phi) is 4.80. The number of nitrogens with two attached hydrogens (primary N) is 1. The molecule has 2 aromatic rings. The number of aromatic nitrogens is 2. The van der Waals surface area contributed by atoms with Crippen LogP contribution in [0.5, 0.6) is 11.5 Å². The van der Waals surface area contributed by atoms with Crippen molar-refractivity contribution in [3.05, 3.63) is 18.5 Å².